The first-order valence-corrected chi connectivity index (χ1v) is 7.60. The number of carboxylic acid groups (broad SMARTS) is 1. The number of hydrogen-bond donors (Lipinski definition) is 1. The number of carboxylic acids is 1. The molecule has 0 spiro atoms. The van der Waals surface area contributed by atoms with Gasteiger partial charge in [0.15, 0.2) is 0 Å². The van der Waals surface area contributed by atoms with Crippen molar-refractivity contribution in [3.8, 4) is 0 Å². The molecule has 0 saturated heterocycles. The SMILES string of the molecule is O=C(O)c1ccc2c(c1)CCN2Cc1ccc(Br)s1. The Morgan fingerprint density at radius 1 is 1.37 bits per heavy atom. The van der Waals surface area contributed by atoms with Gasteiger partial charge < -0.3 is 10.0 Å². The third-order valence-corrected chi connectivity index (χ3v) is 4.90. The van der Waals surface area contributed by atoms with Crippen LogP contribution >= 0.6 is 27.3 Å². The third-order valence-electron chi connectivity index (χ3n) is 3.29. The van der Waals surface area contributed by atoms with E-state index in [-0.39, 0.29) is 0 Å². The lowest BCUT2D eigenvalue weighted by Crippen LogP contribution is -2.18. The summed E-state index contributed by atoms with van der Waals surface area (Å²) in [5.74, 6) is -0.858. The van der Waals surface area contributed by atoms with Crippen molar-refractivity contribution < 1.29 is 9.90 Å². The van der Waals surface area contributed by atoms with Gasteiger partial charge in [-0.1, -0.05) is 0 Å². The molecule has 0 bridgehead atoms. The second kappa shape index (κ2) is 4.98. The zero-order valence-electron chi connectivity index (χ0n) is 10.1. The molecule has 2 aromatic rings. The molecular weight excluding hydrogens is 326 g/mol. The van der Waals surface area contributed by atoms with E-state index >= 15 is 0 Å². The number of nitrogens with zero attached hydrogens (tertiary/aromatic N) is 1. The molecular formula is C14H12BrNO2S. The zero-order valence-corrected chi connectivity index (χ0v) is 12.5. The van der Waals surface area contributed by atoms with Gasteiger partial charge in [-0.05, 0) is 58.2 Å². The monoisotopic (exact) mass is 337 g/mol. The highest BCUT2D eigenvalue weighted by Crippen LogP contribution is 2.32. The van der Waals surface area contributed by atoms with Crippen LogP contribution in [0.1, 0.15) is 20.8 Å². The Kier molecular flexibility index (Phi) is 3.33. The van der Waals surface area contributed by atoms with Crippen molar-refractivity contribution in [2.24, 2.45) is 0 Å². The largest absolute Gasteiger partial charge is 0.478 e. The van der Waals surface area contributed by atoms with Crippen molar-refractivity contribution in [1.82, 2.24) is 0 Å². The Morgan fingerprint density at radius 3 is 2.89 bits per heavy atom. The van der Waals surface area contributed by atoms with Gasteiger partial charge in [0.05, 0.1) is 15.9 Å². The number of anilines is 1. The van der Waals surface area contributed by atoms with Crippen molar-refractivity contribution in [1.29, 1.82) is 0 Å². The van der Waals surface area contributed by atoms with E-state index in [1.807, 2.05) is 6.07 Å². The molecule has 3 rings (SSSR count). The maximum atomic E-state index is 11.0. The molecule has 98 valence electrons. The van der Waals surface area contributed by atoms with E-state index < -0.39 is 5.97 Å². The minimum Gasteiger partial charge on any atom is -0.478 e. The first-order chi connectivity index (χ1) is 9.13. The Hall–Kier alpha value is -1.33. The Balaban J connectivity index is 1.84. The zero-order chi connectivity index (χ0) is 13.4. The normalized spacial score (nSPS) is 13.6. The standard InChI is InChI=1S/C14H12BrNO2S/c15-13-4-2-11(19-13)8-16-6-5-9-7-10(14(17)18)1-3-12(9)16/h1-4,7H,5-6,8H2,(H,17,18). The number of halogens is 1. The van der Waals surface area contributed by atoms with Crippen LogP contribution in [-0.2, 0) is 13.0 Å². The summed E-state index contributed by atoms with van der Waals surface area (Å²) in [6.45, 7) is 1.84. The molecule has 19 heavy (non-hydrogen) atoms. The van der Waals surface area contributed by atoms with Crippen molar-refractivity contribution in [2.45, 2.75) is 13.0 Å². The van der Waals surface area contributed by atoms with Crippen molar-refractivity contribution in [3.05, 3.63) is 50.1 Å². The number of rotatable bonds is 3. The maximum Gasteiger partial charge on any atom is 0.335 e. The molecule has 0 unspecified atom stereocenters. The van der Waals surface area contributed by atoms with Crippen molar-refractivity contribution >= 4 is 38.9 Å². The average Bonchev–Trinajstić information content (AvgIpc) is 2.96. The molecule has 1 aromatic carbocycles. The van der Waals surface area contributed by atoms with Crippen molar-refractivity contribution in [3.63, 3.8) is 0 Å². The average molecular weight is 338 g/mol. The van der Waals surface area contributed by atoms with Crippen LogP contribution in [0.25, 0.3) is 0 Å². The molecule has 0 fully saturated rings. The predicted molar refractivity (Wildman–Crippen MR) is 80.2 cm³/mol. The van der Waals surface area contributed by atoms with Gasteiger partial charge in [-0.3, -0.25) is 0 Å². The van der Waals surface area contributed by atoms with Gasteiger partial charge in [0.25, 0.3) is 0 Å². The summed E-state index contributed by atoms with van der Waals surface area (Å²) < 4.78 is 1.14. The molecule has 0 aliphatic carbocycles. The van der Waals surface area contributed by atoms with Crippen LogP contribution in [0.4, 0.5) is 5.69 Å². The lowest BCUT2D eigenvalue weighted by atomic mass is 10.1. The summed E-state index contributed by atoms with van der Waals surface area (Å²) in [7, 11) is 0. The summed E-state index contributed by atoms with van der Waals surface area (Å²) in [4.78, 5) is 14.6. The van der Waals surface area contributed by atoms with E-state index in [2.05, 4.69) is 33.0 Å². The first kappa shape index (κ1) is 12.7. The van der Waals surface area contributed by atoms with Crippen LogP contribution in [-0.4, -0.2) is 17.6 Å². The van der Waals surface area contributed by atoms with E-state index in [0.29, 0.717) is 5.56 Å². The van der Waals surface area contributed by atoms with E-state index in [9.17, 15) is 4.79 Å². The first-order valence-electron chi connectivity index (χ1n) is 5.99. The van der Waals surface area contributed by atoms with Gasteiger partial charge in [0, 0.05) is 17.1 Å². The molecule has 1 aliphatic rings. The molecule has 0 radical (unpaired) electrons. The fourth-order valence-electron chi connectivity index (χ4n) is 2.39. The molecule has 1 N–H and O–H groups in total. The molecule has 5 heteroatoms. The molecule has 1 aliphatic heterocycles. The molecule has 0 amide bonds. The van der Waals surface area contributed by atoms with E-state index in [0.717, 1.165) is 34.5 Å². The lowest BCUT2D eigenvalue weighted by Gasteiger charge is -2.18. The van der Waals surface area contributed by atoms with Gasteiger partial charge in [-0.25, -0.2) is 4.79 Å². The predicted octanol–water partition coefficient (Wildman–Crippen LogP) is 3.77. The van der Waals surface area contributed by atoms with Crippen molar-refractivity contribution in [2.75, 3.05) is 11.4 Å². The van der Waals surface area contributed by atoms with Gasteiger partial charge in [-0.2, -0.15) is 0 Å². The van der Waals surface area contributed by atoms with E-state index in [1.54, 1.807) is 23.5 Å². The van der Waals surface area contributed by atoms with Crippen LogP contribution in [0.15, 0.2) is 34.1 Å². The number of benzene rings is 1. The second-order valence-corrected chi connectivity index (χ2v) is 7.07. The highest BCUT2D eigenvalue weighted by atomic mass is 79.9. The highest BCUT2D eigenvalue weighted by molar-refractivity contribution is 9.11. The Labute approximate surface area is 123 Å². The highest BCUT2D eigenvalue weighted by Gasteiger charge is 2.20. The summed E-state index contributed by atoms with van der Waals surface area (Å²) in [5, 5.41) is 9.00. The van der Waals surface area contributed by atoms with Gasteiger partial charge in [0.1, 0.15) is 0 Å². The smallest absolute Gasteiger partial charge is 0.335 e. The summed E-state index contributed by atoms with van der Waals surface area (Å²) in [5.41, 5.74) is 2.67. The van der Waals surface area contributed by atoms with Crippen LogP contribution in [0.3, 0.4) is 0 Å². The minimum absolute atomic E-state index is 0.375. The van der Waals surface area contributed by atoms with E-state index in [4.69, 9.17) is 5.11 Å². The topological polar surface area (TPSA) is 40.5 Å². The Morgan fingerprint density at radius 2 is 2.21 bits per heavy atom. The number of fused-ring (bicyclic) bond motifs is 1. The number of aromatic carboxylic acids is 1. The van der Waals surface area contributed by atoms with E-state index in [1.165, 1.54) is 4.88 Å². The van der Waals surface area contributed by atoms with Gasteiger partial charge in [0.2, 0.25) is 0 Å². The van der Waals surface area contributed by atoms with Crippen LogP contribution in [0.5, 0.6) is 0 Å². The fourth-order valence-corrected chi connectivity index (χ4v) is 3.89. The van der Waals surface area contributed by atoms with Gasteiger partial charge >= 0.3 is 5.97 Å². The molecule has 1 aromatic heterocycles. The second-order valence-electron chi connectivity index (χ2n) is 4.53. The minimum atomic E-state index is -0.858. The van der Waals surface area contributed by atoms with Crippen LogP contribution in [0, 0.1) is 0 Å². The third kappa shape index (κ3) is 2.53. The number of hydrogen-bond acceptors (Lipinski definition) is 3. The van der Waals surface area contributed by atoms with Crippen LogP contribution in [0.2, 0.25) is 0 Å². The Bertz CT molecular complexity index is 638. The molecule has 0 saturated carbocycles. The fraction of sp³-hybridized carbons (Fsp3) is 0.214. The molecule has 0 atom stereocenters. The number of thiophene rings is 1. The summed E-state index contributed by atoms with van der Waals surface area (Å²) >= 11 is 5.21. The van der Waals surface area contributed by atoms with Gasteiger partial charge in [-0.15, -0.1) is 11.3 Å². The summed E-state index contributed by atoms with van der Waals surface area (Å²) in [6, 6.07) is 9.59. The summed E-state index contributed by atoms with van der Waals surface area (Å²) in [6.07, 6.45) is 0.920. The maximum absolute atomic E-state index is 11.0. The lowest BCUT2D eigenvalue weighted by molar-refractivity contribution is 0.0697. The molecule has 3 nitrogen and oxygen atoms in total. The van der Waals surface area contributed by atoms with Crippen LogP contribution < -0.4 is 4.90 Å². The molecule has 2 heterocycles. The number of carbonyl (C=O) groups is 1. The quantitative estimate of drug-likeness (QED) is 0.926.